The monoisotopic (exact) mass is 285 g/mol. The second-order valence-electron chi connectivity index (χ2n) is 4.36. The number of thiazole rings is 1. The van der Waals surface area contributed by atoms with Crippen molar-refractivity contribution in [3.05, 3.63) is 52.6 Å². The highest BCUT2D eigenvalue weighted by atomic mass is 32.1. The van der Waals surface area contributed by atoms with Gasteiger partial charge >= 0.3 is 0 Å². The molecule has 0 aliphatic carbocycles. The Labute approximate surface area is 121 Å². The Kier molecular flexibility index (Phi) is 3.90. The first-order chi connectivity index (χ1) is 9.86. The third-order valence-corrected chi connectivity index (χ3v) is 3.81. The average molecular weight is 285 g/mol. The number of methoxy groups -OCH3 is 1. The Morgan fingerprint density at radius 3 is 2.95 bits per heavy atom. The minimum absolute atomic E-state index is 0.716. The van der Waals surface area contributed by atoms with Gasteiger partial charge in [0.25, 0.3) is 0 Å². The lowest BCUT2D eigenvalue weighted by Crippen LogP contribution is -2.13. The zero-order valence-corrected chi connectivity index (χ0v) is 12.0. The Bertz CT molecular complexity index is 697. The average Bonchev–Trinajstić information content (AvgIpc) is 3.00. The maximum absolute atomic E-state index is 5.35. The molecule has 3 rings (SSSR count). The molecule has 0 bridgehead atoms. The third kappa shape index (κ3) is 2.79. The number of hydrogen-bond acceptors (Lipinski definition) is 5. The van der Waals surface area contributed by atoms with Crippen molar-refractivity contribution in [1.82, 2.24) is 15.3 Å². The van der Waals surface area contributed by atoms with Gasteiger partial charge in [-0.1, -0.05) is 18.2 Å². The molecule has 0 fully saturated rings. The minimum Gasteiger partial charge on any atom is -0.494 e. The van der Waals surface area contributed by atoms with Gasteiger partial charge in [0, 0.05) is 30.1 Å². The third-order valence-electron chi connectivity index (χ3n) is 3.03. The van der Waals surface area contributed by atoms with Gasteiger partial charge in [-0.3, -0.25) is 0 Å². The van der Waals surface area contributed by atoms with E-state index in [1.165, 1.54) is 0 Å². The lowest BCUT2D eigenvalue weighted by Gasteiger charge is -2.07. The highest BCUT2D eigenvalue weighted by Gasteiger charge is 2.04. The van der Waals surface area contributed by atoms with E-state index in [0.717, 1.165) is 33.9 Å². The molecule has 0 aliphatic rings. The molecule has 0 radical (unpaired) electrons. The summed E-state index contributed by atoms with van der Waals surface area (Å²) < 4.78 is 5.35. The number of rotatable bonds is 5. The fraction of sp³-hybridized carbons (Fsp3) is 0.200. The predicted molar refractivity (Wildman–Crippen MR) is 81.0 cm³/mol. The summed E-state index contributed by atoms with van der Waals surface area (Å²) in [6.45, 7) is 1.48. The Morgan fingerprint density at radius 1 is 1.20 bits per heavy atom. The molecule has 102 valence electrons. The highest BCUT2D eigenvalue weighted by Crippen LogP contribution is 2.23. The van der Waals surface area contributed by atoms with Gasteiger partial charge in [-0.2, -0.15) is 0 Å². The van der Waals surface area contributed by atoms with E-state index >= 15 is 0 Å². The van der Waals surface area contributed by atoms with E-state index in [1.54, 1.807) is 18.4 Å². The summed E-state index contributed by atoms with van der Waals surface area (Å²) >= 11 is 1.65. The van der Waals surface area contributed by atoms with Gasteiger partial charge in [-0.05, 0) is 12.1 Å². The van der Waals surface area contributed by atoms with Crippen LogP contribution in [0.15, 0.2) is 41.9 Å². The summed E-state index contributed by atoms with van der Waals surface area (Å²) in [5, 5.41) is 7.51. The highest BCUT2D eigenvalue weighted by molar-refractivity contribution is 7.09. The zero-order valence-electron chi connectivity index (χ0n) is 11.2. The largest absolute Gasteiger partial charge is 0.494 e. The predicted octanol–water partition coefficient (Wildman–Crippen LogP) is 2.99. The van der Waals surface area contributed by atoms with Crippen molar-refractivity contribution in [2.45, 2.75) is 13.1 Å². The number of aromatic nitrogens is 2. The van der Waals surface area contributed by atoms with Gasteiger partial charge in [-0.25, -0.2) is 9.97 Å². The second-order valence-corrected chi connectivity index (χ2v) is 5.34. The van der Waals surface area contributed by atoms with Crippen LogP contribution in [0.25, 0.3) is 10.9 Å². The summed E-state index contributed by atoms with van der Waals surface area (Å²) in [7, 11) is 1.67. The van der Waals surface area contributed by atoms with E-state index in [2.05, 4.69) is 21.4 Å². The molecule has 1 aromatic carbocycles. The summed E-state index contributed by atoms with van der Waals surface area (Å²) in [6.07, 6.45) is 1.82. The van der Waals surface area contributed by atoms with Gasteiger partial charge in [-0.15, -0.1) is 11.3 Å². The topological polar surface area (TPSA) is 47.0 Å². The van der Waals surface area contributed by atoms with Crippen molar-refractivity contribution < 1.29 is 4.74 Å². The summed E-state index contributed by atoms with van der Waals surface area (Å²) in [6, 6.07) is 10.1. The van der Waals surface area contributed by atoms with E-state index < -0.39 is 0 Å². The van der Waals surface area contributed by atoms with Crippen LogP contribution in [0.3, 0.4) is 0 Å². The molecule has 0 amide bonds. The number of fused-ring (bicyclic) bond motifs is 1. The number of hydrogen-bond donors (Lipinski definition) is 1. The number of nitrogens with zero attached hydrogens (tertiary/aromatic N) is 2. The standard InChI is InChI=1S/C15H15N3OS/c1-19-13-4-2-3-11-5-6-12(18-15(11)13)9-16-10-14-17-7-8-20-14/h2-8,16H,9-10H2,1H3. The van der Waals surface area contributed by atoms with Gasteiger partial charge in [0.1, 0.15) is 16.3 Å². The molecular weight excluding hydrogens is 270 g/mol. The van der Waals surface area contributed by atoms with Crippen LogP contribution in [0.4, 0.5) is 0 Å². The van der Waals surface area contributed by atoms with Crippen LogP contribution >= 0.6 is 11.3 Å². The minimum atomic E-state index is 0.716. The summed E-state index contributed by atoms with van der Waals surface area (Å²) in [5.74, 6) is 0.810. The fourth-order valence-corrected chi connectivity index (χ4v) is 2.65. The molecule has 5 heteroatoms. The lowest BCUT2D eigenvalue weighted by atomic mass is 10.2. The molecule has 0 saturated heterocycles. The number of nitrogens with one attached hydrogen (secondary N) is 1. The number of pyridine rings is 1. The molecular formula is C15H15N3OS. The molecule has 0 unspecified atom stereocenters. The normalized spacial score (nSPS) is 10.8. The van der Waals surface area contributed by atoms with Crippen LogP contribution in [-0.4, -0.2) is 17.1 Å². The van der Waals surface area contributed by atoms with E-state index in [-0.39, 0.29) is 0 Å². The molecule has 0 atom stereocenters. The van der Waals surface area contributed by atoms with Crippen molar-refractivity contribution in [3.8, 4) is 5.75 Å². The molecule has 4 nitrogen and oxygen atoms in total. The molecule has 0 aliphatic heterocycles. The van der Waals surface area contributed by atoms with Crippen LogP contribution in [0, 0.1) is 0 Å². The molecule has 0 spiro atoms. The summed E-state index contributed by atoms with van der Waals surface area (Å²) in [4.78, 5) is 8.90. The SMILES string of the molecule is COc1cccc2ccc(CNCc3nccs3)nc12. The molecule has 2 aromatic heterocycles. The number of para-hydroxylation sites is 1. The molecule has 3 aromatic rings. The van der Waals surface area contributed by atoms with Crippen LogP contribution in [0.1, 0.15) is 10.7 Å². The zero-order chi connectivity index (χ0) is 13.8. The first-order valence-electron chi connectivity index (χ1n) is 6.38. The van der Waals surface area contributed by atoms with Crippen LogP contribution in [0.5, 0.6) is 5.75 Å². The van der Waals surface area contributed by atoms with E-state index in [9.17, 15) is 0 Å². The van der Waals surface area contributed by atoms with E-state index in [1.807, 2.05) is 35.8 Å². The van der Waals surface area contributed by atoms with Gasteiger partial charge in [0.2, 0.25) is 0 Å². The molecule has 20 heavy (non-hydrogen) atoms. The first kappa shape index (κ1) is 13.0. The fourth-order valence-electron chi connectivity index (χ4n) is 2.06. The Hall–Kier alpha value is -1.98. The number of benzene rings is 1. The lowest BCUT2D eigenvalue weighted by molar-refractivity contribution is 0.418. The van der Waals surface area contributed by atoms with Gasteiger partial charge in [0.05, 0.1) is 12.8 Å². The van der Waals surface area contributed by atoms with E-state index in [0.29, 0.717) is 6.54 Å². The smallest absolute Gasteiger partial charge is 0.145 e. The van der Waals surface area contributed by atoms with Crippen LogP contribution in [-0.2, 0) is 13.1 Å². The molecule has 2 heterocycles. The quantitative estimate of drug-likeness (QED) is 0.783. The molecule has 1 N–H and O–H groups in total. The van der Waals surface area contributed by atoms with Gasteiger partial charge < -0.3 is 10.1 Å². The maximum Gasteiger partial charge on any atom is 0.145 e. The van der Waals surface area contributed by atoms with Crippen molar-refractivity contribution >= 4 is 22.2 Å². The second kappa shape index (κ2) is 5.98. The number of ether oxygens (including phenoxy) is 1. The molecule has 0 saturated carbocycles. The summed E-state index contributed by atoms with van der Waals surface area (Å²) in [5.41, 5.74) is 1.90. The van der Waals surface area contributed by atoms with Crippen molar-refractivity contribution in [3.63, 3.8) is 0 Å². The van der Waals surface area contributed by atoms with Crippen molar-refractivity contribution in [2.24, 2.45) is 0 Å². The van der Waals surface area contributed by atoms with Crippen molar-refractivity contribution in [2.75, 3.05) is 7.11 Å². The first-order valence-corrected chi connectivity index (χ1v) is 7.26. The van der Waals surface area contributed by atoms with Crippen molar-refractivity contribution in [1.29, 1.82) is 0 Å². The Balaban J connectivity index is 1.75. The Morgan fingerprint density at radius 2 is 2.15 bits per heavy atom. The van der Waals surface area contributed by atoms with Crippen LogP contribution < -0.4 is 10.1 Å². The van der Waals surface area contributed by atoms with Gasteiger partial charge in [0.15, 0.2) is 0 Å². The van der Waals surface area contributed by atoms with Crippen LogP contribution in [0.2, 0.25) is 0 Å². The van der Waals surface area contributed by atoms with E-state index in [4.69, 9.17) is 4.74 Å². The maximum atomic E-state index is 5.35.